The monoisotopic (exact) mass is 291 g/mol. The number of aryl methyl sites for hydroxylation is 1. The van der Waals surface area contributed by atoms with Gasteiger partial charge in [0.2, 0.25) is 5.91 Å². The number of tetrazole rings is 1. The molecule has 1 atom stereocenters. The summed E-state index contributed by atoms with van der Waals surface area (Å²) in [4.78, 5) is 14.4. The molecule has 1 amide bonds. The quantitative estimate of drug-likeness (QED) is 0.849. The van der Waals surface area contributed by atoms with Crippen LogP contribution in [0, 0.1) is 5.92 Å². The third-order valence-electron chi connectivity index (χ3n) is 5.03. The maximum absolute atomic E-state index is 12.4. The predicted octanol–water partition coefficient (Wildman–Crippen LogP) is 1.89. The molecule has 0 radical (unpaired) electrons. The van der Waals surface area contributed by atoms with E-state index >= 15 is 0 Å². The molecule has 0 aromatic carbocycles. The number of hydrogen-bond donors (Lipinski definition) is 0. The van der Waals surface area contributed by atoms with Gasteiger partial charge >= 0.3 is 0 Å². The van der Waals surface area contributed by atoms with E-state index in [0.29, 0.717) is 12.3 Å². The summed E-state index contributed by atoms with van der Waals surface area (Å²) in [6.45, 7) is 1.67. The van der Waals surface area contributed by atoms with Gasteiger partial charge in [-0.3, -0.25) is 4.79 Å². The summed E-state index contributed by atoms with van der Waals surface area (Å²) < 4.78 is 1.73. The van der Waals surface area contributed by atoms with Gasteiger partial charge in [-0.15, -0.1) is 5.10 Å². The van der Waals surface area contributed by atoms with Crippen molar-refractivity contribution < 1.29 is 4.79 Å². The van der Waals surface area contributed by atoms with Crippen molar-refractivity contribution in [3.05, 3.63) is 5.82 Å². The summed E-state index contributed by atoms with van der Waals surface area (Å²) >= 11 is 0. The second-order valence-corrected chi connectivity index (χ2v) is 6.53. The Hall–Kier alpha value is -1.46. The number of carbonyl (C=O) groups excluding carboxylic acids is 1. The molecular weight excluding hydrogens is 266 g/mol. The maximum Gasteiger partial charge on any atom is 0.222 e. The van der Waals surface area contributed by atoms with Crippen molar-refractivity contribution in [2.45, 2.75) is 57.3 Å². The van der Waals surface area contributed by atoms with E-state index in [1.54, 1.807) is 4.68 Å². The van der Waals surface area contributed by atoms with E-state index in [9.17, 15) is 4.79 Å². The number of aromatic nitrogens is 4. The first-order valence-electron chi connectivity index (χ1n) is 8.24. The molecule has 6 nitrogen and oxygen atoms in total. The molecule has 1 aromatic heterocycles. The van der Waals surface area contributed by atoms with E-state index in [1.807, 2.05) is 11.9 Å². The molecule has 2 fully saturated rings. The molecule has 1 saturated carbocycles. The second kappa shape index (κ2) is 6.54. The summed E-state index contributed by atoms with van der Waals surface area (Å²) in [6, 6.07) is 0. The molecule has 1 saturated heterocycles. The van der Waals surface area contributed by atoms with E-state index in [1.165, 1.54) is 25.7 Å². The normalized spacial score (nSPS) is 23.7. The van der Waals surface area contributed by atoms with Gasteiger partial charge in [0.15, 0.2) is 5.82 Å². The molecule has 1 aromatic rings. The summed E-state index contributed by atoms with van der Waals surface area (Å²) in [5.74, 6) is 2.30. The van der Waals surface area contributed by atoms with Crippen LogP contribution in [0.5, 0.6) is 0 Å². The van der Waals surface area contributed by atoms with Crippen LogP contribution in [0.15, 0.2) is 0 Å². The van der Waals surface area contributed by atoms with Crippen molar-refractivity contribution >= 4 is 5.91 Å². The van der Waals surface area contributed by atoms with Gasteiger partial charge in [-0.1, -0.05) is 25.7 Å². The first-order chi connectivity index (χ1) is 10.2. The number of carbonyl (C=O) groups is 1. The van der Waals surface area contributed by atoms with Crippen molar-refractivity contribution in [2.75, 3.05) is 13.1 Å². The molecule has 0 spiro atoms. The zero-order valence-electron chi connectivity index (χ0n) is 12.9. The molecule has 21 heavy (non-hydrogen) atoms. The van der Waals surface area contributed by atoms with Crippen LogP contribution in [-0.4, -0.2) is 44.1 Å². The van der Waals surface area contributed by atoms with E-state index in [-0.39, 0.29) is 5.92 Å². The van der Waals surface area contributed by atoms with Crippen LogP contribution in [0.2, 0.25) is 0 Å². The third-order valence-corrected chi connectivity index (χ3v) is 5.03. The van der Waals surface area contributed by atoms with Crippen molar-refractivity contribution in [3.63, 3.8) is 0 Å². The lowest BCUT2D eigenvalue weighted by molar-refractivity contribution is -0.132. The highest BCUT2D eigenvalue weighted by Gasteiger charge is 2.28. The fourth-order valence-electron chi connectivity index (χ4n) is 3.78. The summed E-state index contributed by atoms with van der Waals surface area (Å²) in [7, 11) is 1.87. The van der Waals surface area contributed by atoms with Crippen LogP contribution in [-0.2, 0) is 11.8 Å². The molecule has 6 heteroatoms. The molecule has 116 valence electrons. The molecule has 1 unspecified atom stereocenters. The molecule has 1 aliphatic heterocycles. The van der Waals surface area contributed by atoms with Crippen molar-refractivity contribution in [2.24, 2.45) is 13.0 Å². The second-order valence-electron chi connectivity index (χ2n) is 6.53. The van der Waals surface area contributed by atoms with Crippen LogP contribution in [0.3, 0.4) is 0 Å². The predicted molar refractivity (Wildman–Crippen MR) is 78.5 cm³/mol. The smallest absolute Gasteiger partial charge is 0.222 e. The fraction of sp³-hybridized carbons (Fsp3) is 0.867. The van der Waals surface area contributed by atoms with Crippen LogP contribution in [0.4, 0.5) is 0 Å². The van der Waals surface area contributed by atoms with Crippen molar-refractivity contribution in [1.82, 2.24) is 25.1 Å². The van der Waals surface area contributed by atoms with E-state index < -0.39 is 0 Å². The van der Waals surface area contributed by atoms with Crippen LogP contribution in [0.25, 0.3) is 0 Å². The van der Waals surface area contributed by atoms with Gasteiger partial charge in [0.1, 0.15) is 0 Å². The zero-order chi connectivity index (χ0) is 14.7. The topological polar surface area (TPSA) is 63.9 Å². The third kappa shape index (κ3) is 3.41. The lowest BCUT2D eigenvalue weighted by Gasteiger charge is -2.32. The highest BCUT2D eigenvalue weighted by Crippen LogP contribution is 2.30. The Morgan fingerprint density at radius 1 is 1.24 bits per heavy atom. The average molecular weight is 291 g/mol. The Balaban J connectivity index is 1.53. The highest BCUT2D eigenvalue weighted by molar-refractivity contribution is 5.76. The molecule has 0 bridgehead atoms. The Morgan fingerprint density at radius 2 is 2.05 bits per heavy atom. The minimum absolute atomic E-state index is 0.286. The first kappa shape index (κ1) is 14.5. The van der Waals surface area contributed by atoms with Crippen molar-refractivity contribution in [3.8, 4) is 0 Å². The number of rotatable bonds is 4. The Labute approximate surface area is 125 Å². The Kier molecular flexibility index (Phi) is 4.51. The van der Waals surface area contributed by atoms with Gasteiger partial charge in [-0.05, 0) is 35.6 Å². The summed E-state index contributed by atoms with van der Waals surface area (Å²) in [5.41, 5.74) is 0. The van der Waals surface area contributed by atoms with Crippen molar-refractivity contribution in [1.29, 1.82) is 0 Å². The largest absolute Gasteiger partial charge is 0.342 e. The van der Waals surface area contributed by atoms with Gasteiger partial charge in [0, 0.05) is 32.5 Å². The molecule has 2 aliphatic rings. The van der Waals surface area contributed by atoms with Gasteiger partial charge in [0.25, 0.3) is 0 Å². The van der Waals surface area contributed by atoms with Gasteiger partial charge in [-0.25, -0.2) is 4.68 Å². The molecular formula is C15H25N5O. The maximum atomic E-state index is 12.4. The standard InChI is InChI=1S/C15H25N5O/c1-19-15(16-17-18-19)13-7-4-10-20(11-13)14(21)9-8-12-5-2-3-6-12/h12-13H,2-11H2,1H3. The first-order valence-corrected chi connectivity index (χ1v) is 8.24. The van der Waals surface area contributed by atoms with Crippen LogP contribution in [0.1, 0.15) is 63.1 Å². The van der Waals surface area contributed by atoms with E-state index in [0.717, 1.165) is 44.1 Å². The highest BCUT2D eigenvalue weighted by atomic mass is 16.2. The molecule has 3 rings (SSSR count). The zero-order valence-corrected chi connectivity index (χ0v) is 12.9. The lowest BCUT2D eigenvalue weighted by atomic mass is 9.96. The SMILES string of the molecule is Cn1nnnc1C1CCCN(C(=O)CCC2CCCC2)C1. The fourth-order valence-corrected chi connectivity index (χ4v) is 3.78. The molecule has 1 aliphatic carbocycles. The molecule has 0 N–H and O–H groups in total. The van der Waals surface area contributed by atoms with Gasteiger partial charge in [0.05, 0.1) is 0 Å². The van der Waals surface area contributed by atoms with Gasteiger partial charge < -0.3 is 4.90 Å². The number of hydrogen-bond acceptors (Lipinski definition) is 4. The molecule has 2 heterocycles. The number of amides is 1. The number of nitrogens with zero attached hydrogens (tertiary/aromatic N) is 5. The summed E-state index contributed by atoms with van der Waals surface area (Å²) in [5, 5.41) is 11.7. The number of likely N-dealkylation sites (tertiary alicyclic amines) is 1. The van der Waals surface area contributed by atoms with Crippen LogP contribution >= 0.6 is 0 Å². The van der Waals surface area contributed by atoms with Gasteiger partial charge in [-0.2, -0.15) is 0 Å². The van der Waals surface area contributed by atoms with E-state index in [4.69, 9.17) is 0 Å². The summed E-state index contributed by atoms with van der Waals surface area (Å²) in [6.07, 6.45) is 9.25. The van der Waals surface area contributed by atoms with E-state index in [2.05, 4.69) is 15.5 Å². The number of piperidine rings is 1. The Morgan fingerprint density at radius 3 is 2.76 bits per heavy atom. The minimum atomic E-state index is 0.286. The van der Waals surface area contributed by atoms with Crippen LogP contribution < -0.4 is 0 Å². The lowest BCUT2D eigenvalue weighted by Crippen LogP contribution is -2.39. The Bertz CT molecular complexity index is 480. The minimum Gasteiger partial charge on any atom is -0.342 e. The average Bonchev–Trinajstić information content (AvgIpc) is 3.16.